The number of anilines is 2. The van der Waals surface area contributed by atoms with Gasteiger partial charge in [-0.2, -0.15) is 0 Å². The number of hydrogen-bond donors (Lipinski definition) is 0. The first-order valence-electron chi connectivity index (χ1n) is 16.7. The van der Waals surface area contributed by atoms with E-state index in [9.17, 15) is 0 Å². The second-order valence-corrected chi connectivity index (χ2v) is 12.3. The van der Waals surface area contributed by atoms with E-state index in [4.69, 9.17) is 0 Å². The first kappa shape index (κ1) is 29.6. The summed E-state index contributed by atoms with van der Waals surface area (Å²) < 4.78 is 0. The zero-order valence-corrected chi connectivity index (χ0v) is 26.8. The van der Waals surface area contributed by atoms with Crippen LogP contribution < -0.4 is 4.90 Å². The molecule has 0 aliphatic heterocycles. The summed E-state index contributed by atoms with van der Waals surface area (Å²) in [7, 11) is 0. The minimum Gasteiger partial charge on any atom is -0.335 e. The van der Waals surface area contributed by atoms with Crippen molar-refractivity contribution in [2.24, 2.45) is 0 Å². The molecule has 0 aromatic heterocycles. The second-order valence-electron chi connectivity index (χ2n) is 12.3. The maximum atomic E-state index is 2.45. The Kier molecular flexibility index (Phi) is 8.40. The Morgan fingerprint density at radius 2 is 1.33 bits per heavy atom. The number of hydrogen-bond acceptors (Lipinski definition) is 1. The number of nitrogens with zero attached hydrogens (tertiary/aromatic N) is 1. The van der Waals surface area contributed by atoms with Gasteiger partial charge in [0.1, 0.15) is 0 Å². The van der Waals surface area contributed by atoms with Gasteiger partial charge in [0, 0.05) is 17.4 Å². The highest BCUT2D eigenvalue weighted by molar-refractivity contribution is 5.88. The highest BCUT2D eigenvalue weighted by Crippen LogP contribution is 2.57. The predicted octanol–water partition coefficient (Wildman–Crippen LogP) is 11.9. The van der Waals surface area contributed by atoms with E-state index in [-0.39, 0.29) is 11.5 Å². The fraction of sp³-hybridized carbons (Fsp3) is 0.156. The fourth-order valence-corrected chi connectivity index (χ4v) is 7.54. The van der Waals surface area contributed by atoms with E-state index in [1.54, 1.807) is 0 Å². The molecule has 0 saturated carbocycles. The lowest BCUT2D eigenvalue weighted by Gasteiger charge is -2.37. The van der Waals surface area contributed by atoms with Crippen molar-refractivity contribution in [1.82, 2.24) is 0 Å². The topological polar surface area (TPSA) is 3.24 Å². The van der Waals surface area contributed by atoms with Gasteiger partial charge in [-0.15, -0.1) is 0 Å². The van der Waals surface area contributed by atoms with Gasteiger partial charge in [0.2, 0.25) is 0 Å². The third kappa shape index (κ3) is 5.26. The molecule has 0 fully saturated rings. The van der Waals surface area contributed by atoms with Crippen molar-refractivity contribution in [2.45, 2.75) is 44.6 Å². The van der Waals surface area contributed by atoms with Gasteiger partial charge in [-0.1, -0.05) is 153 Å². The number of para-hydroxylation sites is 1. The monoisotopic (exact) mass is 595 g/mol. The Morgan fingerprint density at radius 3 is 2.04 bits per heavy atom. The first-order chi connectivity index (χ1) is 22.7. The van der Waals surface area contributed by atoms with Crippen LogP contribution in [0.15, 0.2) is 181 Å². The molecule has 0 radical (unpaired) electrons. The third-order valence-corrected chi connectivity index (χ3v) is 9.54. The molecule has 7 rings (SSSR count). The minimum atomic E-state index is -0.356. The highest BCUT2D eigenvalue weighted by Gasteiger charge is 2.47. The number of rotatable bonds is 9. The van der Waals surface area contributed by atoms with Crippen molar-refractivity contribution in [2.75, 3.05) is 4.90 Å². The van der Waals surface area contributed by atoms with Gasteiger partial charge in [-0.05, 0) is 95.0 Å². The van der Waals surface area contributed by atoms with Crippen LogP contribution in [0.3, 0.4) is 0 Å². The van der Waals surface area contributed by atoms with Crippen molar-refractivity contribution >= 4 is 16.9 Å². The van der Waals surface area contributed by atoms with E-state index >= 15 is 0 Å². The Balaban J connectivity index is 1.33. The largest absolute Gasteiger partial charge is 0.335 e. The van der Waals surface area contributed by atoms with Crippen LogP contribution >= 0.6 is 0 Å². The summed E-state index contributed by atoms with van der Waals surface area (Å²) in [6, 6.07) is 50.7. The van der Waals surface area contributed by atoms with E-state index < -0.39 is 0 Å². The summed E-state index contributed by atoms with van der Waals surface area (Å²) in [6.45, 7) is 4.56. The van der Waals surface area contributed by atoms with E-state index in [2.05, 4.69) is 189 Å². The molecule has 0 heterocycles. The number of allylic oxidation sites excluding steroid dienone is 7. The zero-order valence-electron chi connectivity index (χ0n) is 26.8. The Labute approximate surface area is 274 Å². The first-order valence-corrected chi connectivity index (χ1v) is 16.7. The normalized spacial score (nSPS) is 18.0. The van der Waals surface area contributed by atoms with E-state index in [0.29, 0.717) is 0 Å². The predicted molar refractivity (Wildman–Crippen MR) is 196 cm³/mol. The zero-order chi connectivity index (χ0) is 31.3. The van der Waals surface area contributed by atoms with Gasteiger partial charge in [0.15, 0.2) is 0 Å². The lowest BCUT2D eigenvalue weighted by atomic mass is 9.65. The summed E-state index contributed by atoms with van der Waals surface area (Å²) >= 11 is 0. The maximum absolute atomic E-state index is 2.45. The molecule has 0 N–H and O–H groups in total. The van der Waals surface area contributed by atoms with Crippen LogP contribution in [-0.4, -0.2) is 6.04 Å². The highest BCUT2D eigenvalue weighted by atomic mass is 15.2. The van der Waals surface area contributed by atoms with Gasteiger partial charge >= 0.3 is 0 Å². The molecule has 1 nitrogen and oxygen atoms in total. The molecule has 1 heteroatoms. The molecular formula is C45H41N. The molecule has 0 spiro atoms. The lowest BCUT2D eigenvalue weighted by Crippen LogP contribution is -2.31. The van der Waals surface area contributed by atoms with Gasteiger partial charge in [0.05, 0.1) is 5.41 Å². The average Bonchev–Trinajstić information content (AvgIpc) is 3.43. The van der Waals surface area contributed by atoms with Crippen molar-refractivity contribution in [3.8, 4) is 11.1 Å². The van der Waals surface area contributed by atoms with E-state index in [1.807, 2.05) is 0 Å². The van der Waals surface area contributed by atoms with Crippen LogP contribution in [0.4, 0.5) is 11.4 Å². The maximum Gasteiger partial charge on any atom is 0.0707 e. The molecule has 2 unspecified atom stereocenters. The molecule has 226 valence electrons. The fourth-order valence-electron chi connectivity index (χ4n) is 7.54. The van der Waals surface area contributed by atoms with Crippen LogP contribution in [0.5, 0.6) is 0 Å². The van der Waals surface area contributed by atoms with Crippen LogP contribution in [-0.2, 0) is 5.41 Å². The molecule has 0 saturated heterocycles. The average molecular weight is 596 g/mol. The van der Waals surface area contributed by atoms with E-state index in [0.717, 1.165) is 19.3 Å². The SMILES string of the molecule is CC/C=C(\C=C/C(C)N(c1ccccc1)c1ccc(-c2ccccc2)cc1)C1(c2ccccc2)C2=C(CCC=C2)c2ccccc21. The van der Waals surface area contributed by atoms with Gasteiger partial charge in [-0.3, -0.25) is 0 Å². The van der Waals surface area contributed by atoms with Crippen molar-refractivity contribution < 1.29 is 0 Å². The minimum absolute atomic E-state index is 0.102. The molecule has 5 aromatic rings. The van der Waals surface area contributed by atoms with Crippen LogP contribution in [0.2, 0.25) is 0 Å². The molecule has 0 amide bonds. The summed E-state index contributed by atoms with van der Waals surface area (Å²) in [5, 5.41) is 0. The molecule has 2 aliphatic rings. The Hall–Kier alpha value is -5.14. The van der Waals surface area contributed by atoms with Crippen molar-refractivity contribution in [3.05, 3.63) is 198 Å². The van der Waals surface area contributed by atoms with Crippen LogP contribution in [0.25, 0.3) is 16.7 Å². The standard InChI is InChI=1S/C45H41N/c1-3-17-37(45(38-20-9-5-10-21-38)43-26-15-13-24-41(43)42-25-14-16-27-44(42)45)31-28-34(2)46(39-22-11-6-12-23-39)40-32-29-36(30-33-40)35-18-7-4-8-19-35/h4-13,15-24,26-34H,3,14,25H2,1-2H3/b31-28-,37-17+. The van der Waals surface area contributed by atoms with Crippen molar-refractivity contribution in [3.63, 3.8) is 0 Å². The summed E-state index contributed by atoms with van der Waals surface area (Å²) in [5.74, 6) is 0. The smallest absolute Gasteiger partial charge is 0.0707 e. The van der Waals surface area contributed by atoms with Crippen molar-refractivity contribution in [1.29, 1.82) is 0 Å². The molecular weight excluding hydrogens is 555 g/mol. The summed E-state index contributed by atoms with van der Waals surface area (Å²) in [6.07, 6.45) is 15.2. The van der Waals surface area contributed by atoms with Crippen LogP contribution in [0, 0.1) is 0 Å². The number of fused-ring (bicyclic) bond motifs is 2. The molecule has 2 atom stereocenters. The number of benzene rings is 5. The quantitative estimate of drug-likeness (QED) is 0.153. The van der Waals surface area contributed by atoms with Gasteiger partial charge < -0.3 is 4.90 Å². The summed E-state index contributed by atoms with van der Waals surface area (Å²) in [4.78, 5) is 2.44. The van der Waals surface area contributed by atoms with Crippen LogP contribution in [0.1, 0.15) is 49.8 Å². The van der Waals surface area contributed by atoms with E-state index in [1.165, 1.54) is 55.9 Å². The second kappa shape index (κ2) is 13.1. The molecule has 0 bridgehead atoms. The lowest BCUT2D eigenvalue weighted by molar-refractivity contribution is 0.747. The third-order valence-electron chi connectivity index (χ3n) is 9.54. The Morgan fingerprint density at radius 1 is 0.717 bits per heavy atom. The summed E-state index contributed by atoms with van der Waals surface area (Å²) in [5.41, 5.74) is 12.8. The Bertz CT molecular complexity index is 1910. The van der Waals surface area contributed by atoms with Gasteiger partial charge in [-0.25, -0.2) is 0 Å². The molecule has 46 heavy (non-hydrogen) atoms. The molecule has 5 aromatic carbocycles. The molecule has 2 aliphatic carbocycles. The van der Waals surface area contributed by atoms with Gasteiger partial charge in [0.25, 0.3) is 0 Å².